The van der Waals surface area contributed by atoms with Gasteiger partial charge in [-0.25, -0.2) is 9.78 Å². The van der Waals surface area contributed by atoms with Crippen LogP contribution in [-0.4, -0.2) is 21.5 Å². The molecule has 6 rings (SSSR count). The molecular weight excluding hydrogens is 396 g/mol. The topological polar surface area (TPSA) is 87.5 Å². The molecule has 156 valence electrons. The predicted molar refractivity (Wildman–Crippen MR) is 111 cm³/mol. The third-order valence-electron chi connectivity index (χ3n) is 6.57. The molecule has 0 unspecified atom stereocenters. The number of carbonyl (C=O) groups is 2. The lowest BCUT2D eigenvalue weighted by Gasteiger charge is -2.35. The van der Waals surface area contributed by atoms with E-state index in [2.05, 4.69) is 0 Å². The van der Waals surface area contributed by atoms with Crippen LogP contribution in [0, 0.1) is 5.92 Å². The first-order valence-corrected chi connectivity index (χ1v) is 10.6. The molecule has 1 atom stereocenters. The quantitative estimate of drug-likeness (QED) is 0.477. The highest BCUT2D eigenvalue weighted by molar-refractivity contribution is 5.89. The van der Waals surface area contributed by atoms with Gasteiger partial charge >= 0.3 is 11.9 Å². The summed E-state index contributed by atoms with van der Waals surface area (Å²) in [5, 5.41) is 1.01. The van der Waals surface area contributed by atoms with Crippen LogP contribution in [0.25, 0.3) is 22.3 Å². The van der Waals surface area contributed by atoms with Gasteiger partial charge in [0.15, 0.2) is 0 Å². The van der Waals surface area contributed by atoms with Gasteiger partial charge in [0, 0.05) is 16.5 Å². The maximum atomic E-state index is 13.4. The Morgan fingerprint density at radius 2 is 2.06 bits per heavy atom. The van der Waals surface area contributed by atoms with E-state index in [-0.39, 0.29) is 24.5 Å². The molecule has 0 bridgehead atoms. The van der Waals surface area contributed by atoms with E-state index in [0.717, 1.165) is 35.0 Å². The minimum absolute atomic E-state index is 0.123. The van der Waals surface area contributed by atoms with Crippen molar-refractivity contribution in [3.8, 4) is 11.4 Å². The Hall–Kier alpha value is -3.48. The van der Waals surface area contributed by atoms with Crippen LogP contribution < -0.4 is 5.56 Å². The second-order valence-electron chi connectivity index (χ2n) is 8.45. The van der Waals surface area contributed by atoms with E-state index < -0.39 is 17.5 Å². The van der Waals surface area contributed by atoms with E-state index in [9.17, 15) is 14.4 Å². The lowest BCUT2D eigenvalue weighted by molar-refractivity contribution is -0.190. The van der Waals surface area contributed by atoms with Gasteiger partial charge < -0.3 is 14.0 Å². The van der Waals surface area contributed by atoms with Gasteiger partial charge in [-0.2, -0.15) is 0 Å². The van der Waals surface area contributed by atoms with Gasteiger partial charge in [-0.15, -0.1) is 0 Å². The fourth-order valence-corrected chi connectivity index (χ4v) is 4.66. The average molecular weight is 416 g/mol. The average Bonchev–Trinajstić information content (AvgIpc) is 3.57. The van der Waals surface area contributed by atoms with Crippen molar-refractivity contribution in [1.82, 2.24) is 9.55 Å². The first-order valence-electron chi connectivity index (χ1n) is 10.6. The number of cyclic esters (lactones) is 1. The zero-order valence-corrected chi connectivity index (χ0v) is 17.0. The number of pyridine rings is 2. The molecule has 0 spiro atoms. The molecule has 0 radical (unpaired) electrons. The number of aromatic nitrogens is 2. The van der Waals surface area contributed by atoms with E-state index in [1.54, 1.807) is 17.6 Å². The number of benzene rings is 1. The van der Waals surface area contributed by atoms with Gasteiger partial charge in [-0.1, -0.05) is 25.1 Å². The Morgan fingerprint density at radius 1 is 1.26 bits per heavy atom. The smallest absolute Gasteiger partial charge is 0.355 e. The number of para-hydroxylation sites is 1. The third kappa shape index (κ3) is 2.52. The number of esters is 2. The van der Waals surface area contributed by atoms with Crippen molar-refractivity contribution in [2.45, 2.75) is 44.9 Å². The highest BCUT2D eigenvalue weighted by Gasteiger charge is 2.51. The first kappa shape index (κ1) is 18.3. The molecule has 1 saturated carbocycles. The van der Waals surface area contributed by atoms with Crippen LogP contribution in [0.1, 0.15) is 42.9 Å². The van der Waals surface area contributed by atoms with Crippen LogP contribution in [0.3, 0.4) is 0 Å². The largest absolute Gasteiger partial charge is 0.457 e. The zero-order chi connectivity index (χ0) is 21.3. The van der Waals surface area contributed by atoms with Crippen molar-refractivity contribution in [3.05, 3.63) is 63.4 Å². The molecule has 7 nitrogen and oxygen atoms in total. The van der Waals surface area contributed by atoms with Gasteiger partial charge in [0.2, 0.25) is 5.60 Å². The van der Waals surface area contributed by atoms with E-state index in [1.165, 1.54) is 0 Å². The zero-order valence-electron chi connectivity index (χ0n) is 17.0. The standard InChI is InChI=1S/C24H20N2O5/c1-2-24(31-22(28)13-7-8-13)17-10-19-20-15(9-14-5-3-4-6-18(14)25-20)11-26(19)21(27)16(17)12-30-23(24)29/h3-6,9-10,13H,2,7-8,11-12H2,1H3/t24-/m0/s1. The lowest BCUT2D eigenvalue weighted by atomic mass is 9.85. The summed E-state index contributed by atoms with van der Waals surface area (Å²) in [6, 6.07) is 11.6. The SMILES string of the molecule is CC[C@@]1(OC(=O)C2CC2)C(=O)OCc2c1cc1n(c2=O)Cc2cc3ccccc3nc2-1. The first-order chi connectivity index (χ1) is 15.0. The Kier molecular flexibility index (Phi) is 3.70. The van der Waals surface area contributed by atoms with Gasteiger partial charge in [0.05, 0.1) is 34.9 Å². The molecule has 1 aromatic carbocycles. The summed E-state index contributed by atoms with van der Waals surface area (Å²) >= 11 is 0. The number of ether oxygens (including phenoxy) is 2. The van der Waals surface area contributed by atoms with E-state index in [1.807, 2.05) is 30.3 Å². The summed E-state index contributed by atoms with van der Waals surface area (Å²) in [6.45, 7) is 2.05. The van der Waals surface area contributed by atoms with Crippen molar-refractivity contribution in [2.75, 3.05) is 0 Å². The van der Waals surface area contributed by atoms with Gasteiger partial charge in [-0.05, 0) is 37.5 Å². The Balaban J connectivity index is 1.57. The summed E-state index contributed by atoms with van der Waals surface area (Å²) in [4.78, 5) is 43.6. The summed E-state index contributed by atoms with van der Waals surface area (Å²) in [6.07, 6.45) is 1.72. The van der Waals surface area contributed by atoms with Crippen LogP contribution >= 0.6 is 0 Å². The molecule has 3 aliphatic rings. The number of hydrogen-bond acceptors (Lipinski definition) is 6. The second-order valence-corrected chi connectivity index (χ2v) is 8.45. The summed E-state index contributed by atoms with van der Waals surface area (Å²) in [5.41, 5.74) is 2.11. The molecule has 2 aromatic heterocycles. The number of carbonyl (C=O) groups excluding carboxylic acids is 2. The molecule has 4 heterocycles. The number of fused-ring (bicyclic) bond motifs is 5. The molecule has 7 heteroatoms. The highest BCUT2D eigenvalue weighted by Crippen LogP contribution is 2.42. The minimum atomic E-state index is -1.60. The van der Waals surface area contributed by atoms with E-state index in [4.69, 9.17) is 14.5 Å². The summed E-state index contributed by atoms with van der Waals surface area (Å²) in [7, 11) is 0. The normalized spacial score (nSPS) is 21.3. The molecule has 3 aromatic rings. The van der Waals surface area contributed by atoms with Gasteiger partial charge in [-0.3, -0.25) is 9.59 Å². The number of rotatable bonds is 3. The monoisotopic (exact) mass is 416 g/mol. The molecule has 0 saturated heterocycles. The fraction of sp³-hybridized carbons (Fsp3) is 0.333. The Bertz CT molecular complexity index is 1350. The lowest BCUT2D eigenvalue weighted by Crippen LogP contribution is -2.47. The maximum Gasteiger partial charge on any atom is 0.355 e. The Morgan fingerprint density at radius 3 is 2.84 bits per heavy atom. The van der Waals surface area contributed by atoms with Crippen LogP contribution in [0.5, 0.6) is 0 Å². The van der Waals surface area contributed by atoms with Crippen LogP contribution in [-0.2, 0) is 37.8 Å². The molecular formula is C24H20N2O5. The molecule has 2 aliphatic heterocycles. The molecule has 1 aliphatic carbocycles. The van der Waals surface area contributed by atoms with E-state index in [0.29, 0.717) is 23.4 Å². The molecule has 31 heavy (non-hydrogen) atoms. The molecule has 1 fully saturated rings. The van der Waals surface area contributed by atoms with Gasteiger partial charge in [0.1, 0.15) is 6.61 Å². The van der Waals surface area contributed by atoms with Crippen molar-refractivity contribution in [3.63, 3.8) is 0 Å². The maximum absolute atomic E-state index is 13.4. The van der Waals surface area contributed by atoms with Crippen LogP contribution in [0.2, 0.25) is 0 Å². The van der Waals surface area contributed by atoms with Crippen molar-refractivity contribution >= 4 is 22.8 Å². The van der Waals surface area contributed by atoms with Crippen LogP contribution in [0.4, 0.5) is 0 Å². The predicted octanol–water partition coefficient (Wildman–Crippen LogP) is 3.04. The highest BCUT2D eigenvalue weighted by atomic mass is 16.6. The van der Waals surface area contributed by atoms with Crippen LogP contribution in [0.15, 0.2) is 41.2 Å². The number of hydrogen-bond donors (Lipinski definition) is 0. The van der Waals surface area contributed by atoms with E-state index >= 15 is 0 Å². The molecule has 0 N–H and O–H groups in total. The van der Waals surface area contributed by atoms with Crippen molar-refractivity contribution < 1.29 is 19.1 Å². The summed E-state index contributed by atoms with van der Waals surface area (Å²) < 4.78 is 12.8. The Labute approximate surface area is 177 Å². The third-order valence-corrected chi connectivity index (χ3v) is 6.57. The number of nitrogens with zero attached hydrogens (tertiary/aromatic N) is 2. The van der Waals surface area contributed by atoms with Crippen molar-refractivity contribution in [2.24, 2.45) is 5.92 Å². The minimum Gasteiger partial charge on any atom is -0.457 e. The summed E-state index contributed by atoms with van der Waals surface area (Å²) in [5.74, 6) is -1.20. The molecule has 0 amide bonds. The second kappa shape index (κ2) is 6.26. The van der Waals surface area contributed by atoms with Gasteiger partial charge in [0.25, 0.3) is 5.56 Å². The van der Waals surface area contributed by atoms with Crippen molar-refractivity contribution in [1.29, 1.82) is 0 Å². The fourth-order valence-electron chi connectivity index (χ4n) is 4.66.